The largest absolute Gasteiger partial charge is 0.658 e. The molecule has 0 bridgehead atoms. The minimum atomic E-state index is 0.637. The van der Waals surface area contributed by atoms with Crippen LogP contribution >= 0.6 is 0 Å². The summed E-state index contributed by atoms with van der Waals surface area (Å²) in [6, 6.07) is 22.1. The fourth-order valence-electron chi connectivity index (χ4n) is 2.91. The molecule has 4 rings (SSSR count). The first-order valence-electron chi connectivity index (χ1n) is 8.38. The Hall–Kier alpha value is -3.60. The zero-order valence-corrected chi connectivity index (χ0v) is 14.3. The summed E-state index contributed by atoms with van der Waals surface area (Å²) in [6.07, 6.45) is 1.66. The first-order valence-corrected chi connectivity index (χ1v) is 8.38. The Balaban J connectivity index is 1.44. The van der Waals surface area contributed by atoms with Crippen molar-refractivity contribution in [2.45, 2.75) is 0 Å². The van der Waals surface area contributed by atoms with Gasteiger partial charge in [0.05, 0.1) is 0 Å². The molecule has 0 aliphatic carbocycles. The number of fused-ring (bicyclic) bond motifs is 2. The number of benzene rings is 4. The molecule has 4 nitrogen and oxygen atoms in total. The van der Waals surface area contributed by atoms with Crippen molar-refractivity contribution in [3.8, 4) is 11.5 Å². The summed E-state index contributed by atoms with van der Waals surface area (Å²) in [5.74, 6) is 1.27. The van der Waals surface area contributed by atoms with Gasteiger partial charge in [-0.3, -0.25) is 9.59 Å². The van der Waals surface area contributed by atoms with Gasteiger partial charge in [-0.15, -0.1) is 0 Å². The maximum atomic E-state index is 10.8. The van der Waals surface area contributed by atoms with E-state index in [1.165, 1.54) is 7.69 Å². The Morgan fingerprint density at radius 1 is 0.556 bits per heavy atom. The fraction of sp³-hybridized carbons (Fsp3) is 0. The van der Waals surface area contributed by atoms with Gasteiger partial charge in [-0.25, -0.2) is 0 Å². The van der Waals surface area contributed by atoms with E-state index in [1.807, 2.05) is 60.7 Å². The number of hydrogen-bond donors (Lipinski definition) is 0. The van der Waals surface area contributed by atoms with Crippen LogP contribution in [0.5, 0.6) is 11.5 Å². The van der Waals surface area contributed by atoms with Crippen molar-refractivity contribution in [3.63, 3.8) is 0 Å². The Morgan fingerprint density at radius 2 is 0.963 bits per heavy atom. The third kappa shape index (κ3) is 3.67. The predicted octanol–water partition coefficient (Wildman–Crippen LogP) is 4.61. The van der Waals surface area contributed by atoms with E-state index in [9.17, 15) is 9.59 Å². The van der Waals surface area contributed by atoms with Crippen molar-refractivity contribution in [2.75, 3.05) is 0 Å². The molecule has 27 heavy (non-hydrogen) atoms. The molecule has 1 radical (unpaired) electrons. The first-order chi connectivity index (χ1) is 13.2. The Bertz CT molecular complexity index is 1060. The molecule has 0 aliphatic rings. The molecule has 0 aliphatic heterocycles. The van der Waals surface area contributed by atoms with E-state index in [2.05, 4.69) is 0 Å². The van der Waals surface area contributed by atoms with Gasteiger partial charge in [0.1, 0.15) is 24.1 Å². The van der Waals surface area contributed by atoms with Crippen molar-refractivity contribution < 1.29 is 18.9 Å². The molecule has 0 heterocycles. The maximum absolute atomic E-state index is 10.8. The molecule has 0 saturated carbocycles. The molecule has 0 spiro atoms. The summed E-state index contributed by atoms with van der Waals surface area (Å²) in [6.45, 7) is 0. The quantitative estimate of drug-likeness (QED) is 0.375. The highest BCUT2D eigenvalue weighted by Gasteiger charge is 2.05. The number of rotatable bonds is 6. The SMILES string of the molecule is O=Cc1ccc2cc(O[B]Oc3ccc4cc(C=O)ccc4c3)ccc2c1. The average Bonchev–Trinajstić information content (AvgIpc) is 2.72. The minimum Gasteiger partial charge on any atom is -0.526 e. The standard InChI is InChI=1S/C22H14BO4/c24-13-15-1-3-19-11-21(7-5-17(19)9-15)26-23-27-22-8-6-18-10-16(14-25)2-4-20(18)12-22/h1-14H. The second kappa shape index (κ2) is 7.34. The second-order valence-corrected chi connectivity index (χ2v) is 6.10. The topological polar surface area (TPSA) is 52.6 Å². The molecule has 129 valence electrons. The molecule has 0 aromatic heterocycles. The van der Waals surface area contributed by atoms with Crippen LogP contribution in [0.4, 0.5) is 0 Å². The first kappa shape index (κ1) is 16.9. The highest BCUT2D eigenvalue weighted by molar-refractivity contribution is 6.21. The van der Waals surface area contributed by atoms with E-state index < -0.39 is 0 Å². The monoisotopic (exact) mass is 353 g/mol. The molecule has 4 aromatic carbocycles. The van der Waals surface area contributed by atoms with Crippen molar-refractivity contribution in [3.05, 3.63) is 83.9 Å². The summed E-state index contributed by atoms with van der Waals surface area (Å²) >= 11 is 0. The zero-order valence-electron chi connectivity index (χ0n) is 14.3. The molecule has 0 amide bonds. The van der Waals surface area contributed by atoms with E-state index in [0.717, 1.165) is 34.1 Å². The van der Waals surface area contributed by atoms with Crippen LogP contribution < -0.4 is 9.31 Å². The van der Waals surface area contributed by atoms with Crippen LogP contribution in [0.25, 0.3) is 21.5 Å². The van der Waals surface area contributed by atoms with Crippen LogP contribution in [0.15, 0.2) is 72.8 Å². The van der Waals surface area contributed by atoms with Crippen molar-refractivity contribution in [1.82, 2.24) is 0 Å². The lowest BCUT2D eigenvalue weighted by Gasteiger charge is -2.09. The minimum absolute atomic E-state index is 0.637. The molecular formula is C22H14BO4. The molecule has 0 fully saturated rings. The van der Waals surface area contributed by atoms with Crippen molar-refractivity contribution in [1.29, 1.82) is 0 Å². The van der Waals surface area contributed by atoms with Crippen LogP contribution in [0, 0.1) is 0 Å². The summed E-state index contributed by atoms with van der Waals surface area (Å²) < 4.78 is 11.1. The molecule has 5 heteroatoms. The van der Waals surface area contributed by atoms with Crippen LogP contribution in [-0.4, -0.2) is 20.3 Å². The zero-order chi connectivity index (χ0) is 18.6. The highest BCUT2D eigenvalue weighted by Crippen LogP contribution is 2.23. The third-order valence-electron chi connectivity index (χ3n) is 4.31. The predicted molar refractivity (Wildman–Crippen MR) is 106 cm³/mol. The van der Waals surface area contributed by atoms with E-state index in [-0.39, 0.29) is 0 Å². The van der Waals surface area contributed by atoms with Gasteiger partial charge in [0.25, 0.3) is 0 Å². The van der Waals surface area contributed by atoms with Crippen LogP contribution in [0.2, 0.25) is 0 Å². The molecule has 0 N–H and O–H groups in total. The Morgan fingerprint density at radius 3 is 1.41 bits per heavy atom. The molecule has 4 aromatic rings. The van der Waals surface area contributed by atoms with Crippen LogP contribution in [0.1, 0.15) is 20.7 Å². The third-order valence-corrected chi connectivity index (χ3v) is 4.31. The Labute approximate surface area is 156 Å². The summed E-state index contributed by atoms with van der Waals surface area (Å²) in [7, 11) is 1.28. The normalized spacial score (nSPS) is 10.5. The Kier molecular flexibility index (Phi) is 4.58. The van der Waals surface area contributed by atoms with Gasteiger partial charge in [-0.05, 0) is 57.9 Å². The molecular weight excluding hydrogens is 339 g/mol. The fourth-order valence-corrected chi connectivity index (χ4v) is 2.91. The van der Waals surface area contributed by atoms with Crippen molar-refractivity contribution >= 4 is 41.8 Å². The van der Waals surface area contributed by atoms with Gasteiger partial charge < -0.3 is 9.31 Å². The molecule has 0 atom stereocenters. The van der Waals surface area contributed by atoms with Crippen LogP contribution in [0.3, 0.4) is 0 Å². The molecule has 0 unspecified atom stereocenters. The summed E-state index contributed by atoms with van der Waals surface area (Å²) in [5, 5.41) is 3.89. The van der Waals surface area contributed by atoms with Crippen molar-refractivity contribution in [2.24, 2.45) is 0 Å². The van der Waals surface area contributed by atoms with Gasteiger partial charge in [-0.1, -0.05) is 36.4 Å². The number of aldehydes is 2. The van der Waals surface area contributed by atoms with E-state index in [1.54, 1.807) is 12.1 Å². The van der Waals surface area contributed by atoms with E-state index >= 15 is 0 Å². The number of carbonyl (C=O) groups is 2. The smallest absolute Gasteiger partial charge is 0.526 e. The van der Waals surface area contributed by atoms with E-state index in [0.29, 0.717) is 22.6 Å². The van der Waals surface area contributed by atoms with Crippen LogP contribution in [-0.2, 0) is 0 Å². The lowest BCUT2D eigenvalue weighted by atomic mass is 10.1. The van der Waals surface area contributed by atoms with Gasteiger partial charge in [0, 0.05) is 11.1 Å². The molecule has 0 saturated heterocycles. The average molecular weight is 353 g/mol. The van der Waals surface area contributed by atoms with Gasteiger partial charge in [-0.2, -0.15) is 0 Å². The lowest BCUT2D eigenvalue weighted by Crippen LogP contribution is -2.10. The second-order valence-electron chi connectivity index (χ2n) is 6.10. The maximum Gasteiger partial charge on any atom is 0.658 e. The van der Waals surface area contributed by atoms with Gasteiger partial charge in [0.2, 0.25) is 0 Å². The van der Waals surface area contributed by atoms with E-state index in [4.69, 9.17) is 9.31 Å². The lowest BCUT2D eigenvalue weighted by molar-refractivity contribution is 0.111. The van der Waals surface area contributed by atoms with Gasteiger partial charge in [0.15, 0.2) is 0 Å². The highest BCUT2D eigenvalue weighted by atomic mass is 16.6. The summed E-state index contributed by atoms with van der Waals surface area (Å²) in [5.41, 5.74) is 1.28. The summed E-state index contributed by atoms with van der Waals surface area (Å²) in [4.78, 5) is 21.7. The van der Waals surface area contributed by atoms with Gasteiger partial charge >= 0.3 is 7.69 Å². The number of carbonyl (C=O) groups excluding carboxylic acids is 2. The number of hydrogen-bond acceptors (Lipinski definition) is 4.